The SMILES string of the molecule is CNC(=S)OC[N+]1(Cc2ccncc2)C=NC(C(C)C)=C1Sc1cccc([N+](=O)[O-])c1. The molecule has 1 atom stereocenters. The molecule has 2 aromatic rings. The van der Waals surface area contributed by atoms with Crippen molar-refractivity contribution in [1.29, 1.82) is 0 Å². The molecule has 1 aliphatic rings. The van der Waals surface area contributed by atoms with Gasteiger partial charge in [-0.1, -0.05) is 19.9 Å². The van der Waals surface area contributed by atoms with Crippen LogP contribution in [0.2, 0.25) is 0 Å². The number of nitrogens with one attached hydrogen (secondary N) is 1. The second kappa shape index (κ2) is 9.99. The van der Waals surface area contributed by atoms with Crippen molar-refractivity contribution < 1.29 is 14.1 Å². The van der Waals surface area contributed by atoms with Crippen LogP contribution in [0.3, 0.4) is 0 Å². The topological polar surface area (TPSA) is 89.7 Å². The van der Waals surface area contributed by atoms with E-state index in [-0.39, 0.29) is 27.7 Å². The number of nitro groups is 1. The third-order valence-corrected chi connectivity index (χ3v) is 6.25. The Morgan fingerprint density at radius 3 is 2.71 bits per heavy atom. The van der Waals surface area contributed by atoms with Gasteiger partial charge in [-0.05, 0) is 42.2 Å². The van der Waals surface area contributed by atoms with E-state index in [1.54, 1.807) is 31.6 Å². The van der Waals surface area contributed by atoms with Crippen LogP contribution in [0.25, 0.3) is 0 Å². The maximum absolute atomic E-state index is 11.3. The van der Waals surface area contributed by atoms with Crippen molar-refractivity contribution >= 4 is 41.2 Å². The summed E-state index contributed by atoms with van der Waals surface area (Å²) >= 11 is 6.67. The Hall–Kier alpha value is -2.82. The average Bonchev–Trinajstić information content (AvgIpc) is 3.11. The van der Waals surface area contributed by atoms with E-state index in [2.05, 4.69) is 24.1 Å². The van der Waals surface area contributed by atoms with Crippen LogP contribution in [0.4, 0.5) is 5.69 Å². The van der Waals surface area contributed by atoms with E-state index in [9.17, 15) is 10.1 Å². The highest BCUT2D eigenvalue weighted by molar-refractivity contribution is 8.02. The normalized spacial score (nSPS) is 17.8. The van der Waals surface area contributed by atoms with E-state index in [1.807, 2.05) is 24.5 Å². The molecule has 0 saturated heterocycles. The lowest BCUT2D eigenvalue weighted by atomic mass is 10.1. The van der Waals surface area contributed by atoms with E-state index in [0.717, 1.165) is 21.2 Å². The van der Waals surface area contributed by atoms with E-state index in [4.69, 9.17) is 21.9 Å². The molecular formula is C21H24N5O3S2+. The van der Waals surface area contributed by atoms with Gasteiger partial charge in [0.05, 0.1) is 4.92 Å². The first-order valence-electron chi connectivity index (χ1n) is 9.67. The molecule has 162 valence electrons. The number of hydrogen-bond acceptors (Lipinski definition) is 7. The Labute approximate surface area is 190 Å². The molecule has 0 aliphatic carbocycles. The second-order valence-electron chi connectivity index (χ2n) is 7.30. The lowest BCUT2D eigenvalue weighted by Crippen LogP contribution is -2.45. The predicted molar refractivity (Wildman–Crippen MR) is 125 cm³/mol. The summed E-state index contributed by atoms with van der Waals surface area (Å²) in [6.07, 6.45) is 5.37. The number of nitrogens with zero attached hydrogens (tertiary/aromatic N) is 4. The number of hydrogen-bond donors (Lipinski definition) is 1. The molecule has 1 aliphatic heterocycles. The molecule has 3 rings (SSSR count). The van der Waals surface area contributed by atoms with E-state index in [0.29, 0.717) is 11.7 Å². The summed E-state index contributed by atoms with van der Waals surface area (Å²) in [4.78, 5) is 20.5. The Kier molecular flexibility index (Phi) is 7.37. The first-order valence-corrected chi connectivity index (χ1v) is 10.9. The highest BCUT2D eigenvalue weighted by Crippen LogP contribution is 2.43. The summed E-state index contributed by atoms with van der Waals surface area (Å²) in [5.74, 6) is 0.158. The van der Waals surface area contributed by atoms with E-state index < -0.39 is 0 Å². The van der Waals surface area contributed by atoms with Crippen molar-refractivity contribution in [3.05, 3.63) is 75.2 Å². The molecule has 0 fully saturated rings. The number of thiocarbonyl (C=S) groups is 1. The predicted octanol–water partition coefficient (Wildman–Crippen LogP) is 4.44. The number of ether oxygens (including phenoxy) is 1. The third-order valence-electron chi connectivity index (χ3n) is 4.68. The van der Waals surface area contributed by atoms with Crippen LogP contribution in [-0.2, 0) is 11.3 Å². The molecule has 0 amide bonds. The molecule has 10 heteroatoms. The molecule has 0 bridgehead atoms. The van der Waals surface area contributed by atoms with Gasteiger partial charge in [0.2, 0.25) is 11.8 Å². The van der Waals surface area contributed by atoms with Gasteiger partial charge in [0.15, 0.2) is 6.34 Å². The number of aliphatic imine (C=N–C) groups is 1. The van der Waals surface area contributed by atoms with Crippen molar-refractivity contribution in [2.24, 2.45) is 10.9 Å². The summed E-state index contributed by atoms with van der Waals surface area (Å²) in [6.45, 7) is 4.96. The highest BCUT2D eigenvalue weighted by Gasteiger charge is 2.42. The fourth-order valence-corrected chi connectivity index (χ4v) is 4.47. The van der Waals surface area contributed by atoms with Gasteiger partial charge in [0, 0.05) is 48.0 Å². The molecule has 1 aromatic carbocycles. The minimum atomic E-state index is -0.388. The molecule has 0 saturated carbocycles. The lowest BCUT2D eigenvalue weighted by molar-refractivity contribution is -0.819. The van der Waals surface area contributed by atoms with Crippen LogP contribution < -0.4 is 5.32 Å². The standard InChI is InChI=1S/C21H23N5O3S2/c1-15(2)19-20(31-18-6-4-5-17(11-18)25(27)28)26(13-24-19,14-29-21(30)22-3)12-16-7-9-23-10-8-16/h4-11,13,15H,12,14H2,1-3H3/p+1. The number of benzene rings is 1. The summed E-state index contributed by atoms with van der Waals surface area (Å²) in [6, 6.07) is 10.5. The van der Waals surface area contributed by atoms with Crippen LogP contribution in [0.1, 0.15) is 19.4 Å². The van der Waals surface area contributed by atoms with Gasteiger partial charge in [-0.15, -0.1) is 0 Å². The van der Waals surface area contributed by atoms with Gasteiger partial charge in [-0.3, -0.25) is 15.1 Å². The lowest BCUT2D eigenvalue weighted by Gasteiger charge is -2.32. The van der Waals surface area contributed by atoms with Gasteiger partial charge < -0.3 is 10.1 Å². The minimum absolute atomic E-state index is 0.0513. The number of pyridine rings is 1. The third kappa shape index (κ3) is 5.46. The minimum Gasteiger partial charge on any atom is -0.419 e. The molecule has 1 N–H and O–H groups in total. The monoisotopic (exact) mass is 458 g/mol. The van der Waals surface area contributed by atoms with Gasteiger partial charge in [-0.25, -0.2) is 9.48 Å². The molecule has 1 unspecified atom stereocenters. The first kappa shape index (κ1) is 22.9. The zero-order valence-corrected chi connectivity index (χ0v) is 19.2. The number of aromatic nitrogens is 1. The van der Waals surface area contributed by atoms with Crippen molar-refractivity contribution in [2.75, 3.05) is 13.8 Å². The molecule has 1 aromatic heterocycles. The molecule has 31 heavy (non-hydrogen) atoms. The van der Waals surface area contributed by atoms with Crippen LogP contribution in [0.15, 0.2) is 69.4 Å². The Morgan fingerprint density at radius 2 is 2.06 bits per heavy atom. The fraction of sp³-hybridized carbons (Fsp3) is 0.286. The van der Waals surface area contributed by atoms with Crippen molar-refractivity contribution in [3.63, 3.8) is 0 Å². The number of rotatable bonds is 8. The second-order valence-corrected chi connectivity index (χ2v) is 8.74. The molecule has 8 nitrogen and oxygen atoms in total. The number of thioether (sulfide) groups is 1. The molecule has 2 heterocycles. The summed E-state index contributed by atoms with van der Waals surface area (Å²) < 4.78 is 6.12. The Balaban J connectivity index is 2.04. The van der Waals surface area contributed by atoms with Crippen LogP contribution in [0, 0.1) is 16.0 Å². The average molecular weight is 459 g/mol. The smallest absolute Gasteiger partial charge is 0.270 e. The summed E-state index contributed by atoms with van der Waals surface area (Å²) in [7, 11) is 1.71. The van der Waals surface area contributed by atoms with Gasteiger partial charge in [-0.2, -0.15) is 0 Å². The van der Waals surface area contributed by atoms with Crippen molar-refractivity contribution in [3.8, 4) is 0 Å². The summed E-state index contributed by atoms with van der Waals surface area (Å²) in [5.41, 5.74) is 2.03. The maximum Gasteiger partial charge on any atom is 0.270 e. The molecular weight excluding hydrogens is 434 g/mol. The van der Waals surface area contributed by atoms with Gasteiger partial charge >= 0.3 is 0 Å². The Bertz CT molecular complexity index is 1030. The number of quaternary nitrogens is 1. The van der Waals surface area contributed by atoms with Gasteiger partial charge in [0.1, 0.15) is 12.2 Å². The Morgan fingerprint density at radius 1 is 1.32 bits per heavy atom. The van der Waals surface area contributed by atoms with Crippen LogP contribution in [0.5, 0.6) is 0 Å². The largest absolute Gasteiger partial charge is 0.419 e. The highest BCUT2D eigenvalue weighted by atomic mass is 32.2. The zero-order chi connectivity index (χ0) is 22.4. The van der Waals surface area contributed by atoms with E-state index in [1.165, 1.54) is 17.8 Å². The van der Waals surface area contributed by atoms with Crippen molar-refractivity contribution in [1.82, 2.24) is 10.3 Å². The quantitative estimate of drug-likeness (QED) is 0.271. The number of non-ortho nitro benzene ring substituents is 1. The van der Waals surface area contributed by atoms with E-state index >= 15 is 0 Å². The van der Waals surface area contributed by atoms with Crippen LogP contribution in [-0.4, -0.2) is 39.7 Å². The van der Waals surface area contributed by atoms with Gasteiger partial charge in [0.25, 0.3) is 10.9 Å². The number of allylic oxidation sites excluding steroid dienone is 1. The molecule has 0 spiro atoms. The zero-order valence-electron chi connectivity index (χ0n) is 17.5. The van der Waals surface area contributed by atoms with Crippen molar-refractivity contribution in [2.45, 2.75) is 25.3 Å². The first-order chi connectivity index (χ1) is 14.8. The number of nitro benzene ring substituents is 1. The summed E-state index contributed by atoms with van der Waals surface area (Å²) in [5, 5.41) is 15.3. The maximum atomic E-state index is 11.3. The molecule has 0 radical (unpaired) electrons. The van der Waals surface area contributed by atoms with Crippen LogP contribution >= 0.6 is 24.0 Å². The fourth-order valence-electron chi connectivity index (χ4n) is 3.13.